The van der Waals surface area contributed by atoms with Crippen molar-refractivity contribution in [2.24, 2.45) is 5.10 Å². The highest BCUT2D eigenvalue weighted by Crippen LogP contribution is 2.06. The molecule has 0 aliphatic rings. The molecular formula is C18H24N2O3. The van der Waals surface area contributed by atoms with Gasteiger partial charge in [0.1, 0.15) is 0 Å². The quantitative estimate of drug-likeness (QED) is 0.312. The SMILES string of the molecule is COC(=O)CCCCCCC(=O)N/N=C/C=C/c1ccccc1. The first kappa shape index (κ1) is 18.6. The highest BCUT2D eigenvalue weighted by Gasteiger charge is 2.01. The molecule has 5 nitrogen and oxygen atoms in total. The number of nitrogens with one attached hydrogen (secondary N) is 1. The number of esters is 1. The van der Waals surface area contributed by atoms with Gasteiger partial charge in [-0.2, -0.15) is 5.10 Å². The highest BCUT2D eigenvalue weighted by molar-refractivity contribution is 5.81. The first-order valence-corrected chi connectivity index (χ1v) is 7.83. The van der Waals surface area contributed by atoms with Crippen LogP contribution in [-0.4, -0.2) is 25.2 Å². The summed E-state index contributed by atoms with van der Waals surface area (Å²) in [6.45, 7) is 0. The zero-order valence-electron chi connectivity index (χ0n) is 13.5. The first-order chi connectivity index (χ1) is 11.2. The molecule has 0 saturated heterocycles. The van der Waals surface area contributed by atoms with Crippen LogP contribution in [0.15, 0.2) is 41.5 Å². The second-order valence-electron chi connectivity index (χ2n) is 5.07. The lowest BCUT2D eigenvalue weighted by molar-refractivity contribution is -0.140. The number of amides is 1. The fraction of sp³-hybridized carbons (Fsp3) is 0.389. The van der Waals surface area contributed by atoms with Crippen LogP contribution >= 0.6 is 0 Å². The van der Waals surface area contributed by atoms with Gasteiger partial charge in [-0.15, -0.1) is 0 Å². The van der Waals surface area contributed by atoms with E-state index in [-0.39, 0.29) is 11.9 Å². The number of hydrogen-bond acceptors (Lipinski definition) is 4. The molecule has 1 N–H and O–H groups in total. The summed E-state index contributed by atoms with van der Waals surface area (Å²) in [5.41, 5.74) is 3.57. The van der Waals surface area contributed by atoms with Crippen LogP contribution in [0.25, 0.3) is 6.08 Å². The lowest BCUT2D eigenvalue weighted by Crippen LogP contribution is -2.16. The first-order valence-electron chi connectivity index (χ1n) is 7.83. The molecule has 0 unspecified atom stereocenters. The third-order valence-electron chi connectivity index (χ3n) is 3.20. The summed E-state index contributed by atoms with van der Waals surface area (Å²) in [4.78, 5) is 22.4. The third kappa shape index (κ3) is 10.0. The molecule has 23 heavy (non-hydrogen) atoms. The number of hydrogen-bond donors (Lipinski definition) is 1. The molecule has 0 aromatic heterocycles. The van der Waals surface area contributed by atoms with Crippen molar-refractivity contribution in [3.8, 4) is 0 Å². The Kier molecular flexibility index (Phi) is 9.83. The predicted octanol–water partition coefficient (Wildman–Crippen LogP) is 3.32. The Morgan fingerprint density at radius 2 is 1.78 bits per heavy atom. The number of carbonyl (C=O) groups is 2. The van der Waals surface area contributed by atoms with Crippen LogP contribution in [0.1, 0.15) is 44.1 Å². The molecule has 124 valence electrons. The minimum Gasteiger partial charge on any atom is -0.469 e. The molecule has 0 saturated carbocycles. The molecule has 0 aliphatic heterocycles. The normalized spacial score (nSPS) is 11.0. The van der Waals surface area contributed by atoms with E-state index in [0.29, 0.717) is 12.8 Å². The molecule has 0 heterocycles. The maximum atomic E-state index is 11.5. The van der Waals surface area contributed by atoms with E-state index < -0.39 is 0 Å². The molecule has 5 heteroatoms. The van der Waals surface area contributed by atoms with Crippen molar-refractivity contribution < 1.29 is 14.3 Å². The summed E-state index contributed by atoms with van der Waals surface area (Å²) < 4.78 is 4.56. The maximum absolute atomic E-state index is 11.5. The zero-order chi connectivity index (χ0) is 16.8. The minimum atomic E-state index is -0.180. The Labute approximate surface area is 137 Å². The number of nitrogens with zero attached hydrogens (tertiary/aromatic N) is 1. The second-order valence-corrected chi connectivity index (χ2v) is 5.07. The number of ether oxygens (including phenoxy) is 1. The lowest BCUT2D eigenvalue weighted by atomic mass is 10.1. The van der Waals surface area contributed by atoms with Crippen molar-refractivity contribution in [1.29, 1.82) is 0 Å². The van der Waals surface area contributed by atoms with Gasteiger partial charge in [-0.1, -0.05) is 49.2 Å². The van der Waals surface area contributed by atoms with Crippen molar-refractivity contribution in [2.75, 3.05) is 7.11 Å². The largest absolute Gasteiger partial charge is 0.469 e. The Morgan fingerprint density at radius 1 is 1.09 bits per heavy atom. The van der Waals surface area contributed by atoms with E-state index in [9.17, 15) is 9.59 Å². The molecular weight excluding hydrogens is 292 g/mol. The molecule has 1 aromatic carbocycles. The van der Waals surface area contributed by atoms with Gasteiger partial charge in [-0.05, 0) is 24.5 Å². The van der Waals surface area contributed by atoms with E-state index in [1.54, 1.807) is 12.3 Å². The Morgan fingerprint density at radius 3 is 2.48 bits per heavy atom. The van der Waals surface area contributed by atoms with Gasteiger partial charge in [0, 0.05) is 19.1 Å². The van der Waals surface area contributed by atoms with Crippen molar-refractivity contribution in [1.82, 2.24) is 5.43 Å². The Balaban J connectivity index is 2.05. The topological polar surface area (TPSA) is 67.8 Å². The van der Waals surface area contributed by atoms with Crippen LogP contribution in [0.3, 0.4) is 0 Å². The number of methoxy groups -OCH3 is 1. The van der Waals surface area contributed by atoms with Gasteiger partial charge in [0.25, 0.3) is 0 Å². The van der Waals surface area contributed by atoms with Crippen LogP contribution in [0, 0.1) is 0 Å². The molecule has 0 atom stereocenters. The summed E-state index contributed by atoms with van der Waals surface area (Å²) in [5, 5.41) is 3.86. The smallest absolute Gasteiger partial charge is 0.305 e. The number of allylic oxidation sites excluding steroid dienone is 1. The lowest BCUT2D eigenvalue weighted by Gasteiger charge is -2.01. The predicted molar refractivity (Wildman–Crippen MR) is 91.8 cm³/mol. The van der Waals surface area contributed by atoms with Crippen LogP contribution in [0.5, 0.6) is 0 Å². The minimum absolute atomic E-state index is 0.0951. The average Bonchev–Trinajstić information content (AvgIpc) is 2.58. The molecule has 0 bridgehead atoms. The number of rotatable bonds is 10. The van der Waals surface area contributed by atoms with Gasteiger partial charge >= 0.3 is 5.97 Å². The fourth-order valence-corrected chi connectivity index (χ4v) is 1.94. The van der Waals surface area contributed by atoms with E-state index in [1.807, 2.05) is 36.4 Å². The van der Waals surface area contributed by atoms with Gasteiger partial charge in [0.15, 0.2) is 0 Å². The van der Waals surface area contributed by atoms with E-state index in [1.165, 1.54) is 7.11 Å². The molecule has 1 amide bonds. The van der Waals surface area contributed by atoms with Crippen molar-refractivity contribution in [2.45, 2.75) is 38.5 Å². The van der Waals surface area contributed by atoms with Crippen molar-refractivity contribution >= 4 is 24.2 Å². The van der Waals surface area contributed by atoms with E-state index in [4.69, 9.17) is 0 Å². The van der Waals surface area contributed by atoms with Gasteiger partial charge in [-0.25, -0.2) is 5.43 Å². The van der Waals surface area contributed by atoms with E-state index in [0.717, 1.165) is 31.2 Å². The number of benzene rings is 1. The van der Waals surface area contributed by atoms with Gasteiger partial charge in [-0.3, -0.25) is 9.59 Å². The average molecular weight is 316 g/mol. The molecule has 0 fully saturated rings. The molecule has 1 rings (SSSR count). The maximum Gasteiger partial charge on any atom is 0.305 e. The number of carbonyl (C=O) groups excluding carboxylic acids is 2. The van der Waals surface area contributed by atoms with Gasteiger partial charge in [0.2, 0.25) is 5.91 Å². The zero-order valence-corrected chi connectivity index (χ0v) is 13.5. The summed E-state index contributed by atoms with van der Waals surface area (Å²) in [6, 6.07) is 9.86. The van der Waals surface area contributed by atoms with Crippen LogP contribution in [0.2, 0.25) is 0 Å². The second kappa shape index (κ2) is 12.1. The van der Waals surface area contributed by atoms with Crippen molar-refractivity contribution in [3.05, 3.63) is 42.0 Å². The molecule has 0 aliphatic carbocycles. The number of hydrazone groups is 1. The summed E-state index contributed by atoms with van der Waals surface area (Å²) in [7, 11) is 1.39. The molecule has 1 aromatic rings. The van der Waals surface area contributed by atoms with Crippen LogP contribution in [-0.2, 0) is 14.3 Å². The van der Waals surface area contributed by atoms with Gasteiger partial charge in [0.05, 0.1) is 7.11 Å². The summed E-state index contributed by atoms with van der Waals surface area (Å²) >= 11 is 0. The Bertz CT molecular complexity index is 524. The summed E-state index contributed by atoms with van der Waals surface area (Å²) in [5.74, 6) is -0.275. The van der Waals surface area contributed by atoms with E-state index >= 15 is 0 Å². The van der Waals surface area contributed by atoms with Crippen LogP contribution in [0.4, 0.5) is 0 Å². The number of unbranched alkanes of at least 4 members (excludes halogenated alkanes) is 3. The fourth-order valence-electron chi connectivity index (χ4n) is 1.94. The van der Waals surface area contributed by atoms with Crippen molar-refractivity contribution in [3.63, 3.8) is 0 Å². The molecule has 0 spiro atoms. The standard InChI is InChI=1S/C18H24N2O3/c1-23-18(22)14-8-3-2-7-13-17(21)20-19-15-9-12-16-10-5-4-6-11-16/h4-6,9-12,15H,2-3,7-8,13-14H2,1H3,(H,20,21)/b12-9+,19-15+. The summed E-state index contributed by atoms with van der Waals surface area (Å²) in [6.07, 6.45) is 9.58. The monoisotopic (exact) mass is 316 g/mol. The van der Waals surface area contributed by atoms with Gasteiger partial charge < -0.3 is 4.74 Å². The van der Waals surface area contributed by atoms with E-state index in [2.05, 4.69) is 15.3 Å². The highest BCUT2D eigenvalue weighted by atomic mass is 16.5. The van der Waals surface area contributed by atoms with Crippen LogP contribution < -0.4 is 5.43 Å². The Hall–Kier alpha value is -2.43. The molecule has 0 radical (unpaired) electrons. The third-order valence-corrected chi connectivity index (χ3v) is 3.20.